The second-order valence-electron chi connectivity index (χ2n) is 1.45. The summed E-state index contributed by atoms with van der Waals surface area (Å²) in [5, 5.41) is 0.269. The zero-order valence-electron chi connectivity index (χ0n) is 5.22. The van der Waals surface area contributed by atoms with Gasteiger partial charge in [-0.2, -0.15) is 0 Å². The highest BCUT2D eigenvalue weighted by molar-refractivity contribution is 7.80. The van der Waals surface area contributed by atoms with Gasteiger partial charge in [0.2, 0.25) is 5.91 Å². The third-order valence-corrected chi connectivity index (χ3v) is 0.886. The van der Waals surface area contributed by atoms with E-state index in [1.54, 1.807) is 6.92 Å². The van der Waals surface area contributed by atoms with Crippen molar-refractivity contribution in [3.8, 4) is 0 Å². The summed E-state index contributed by atoms with van der Waals surface area (Å²) >= 11 is 4.61. The predicted octanol–water partition coefficient (Wildman–Crippen LogP) is 0.226. The van der Waals surface area contributed by atoms with Crippen molar-refractivity contribution in [2.24, 2.45) is 5.73 Å². The Morgan fingerprint density at radius 1 is 1.78 bits per heavy atom. The van der Waals surface area contributed by atoms with E-state index in [-0.39, 0.29) is 11.5 Å². The average Bonchev–Trinajstić information content (AvgIpc) is 1.63. The number of rotatable bonds is 3. The van der Waals surface area contributed by atoms with E-state index >= 15 is 0 Å². The highest BCUT2D eigenvalue weighted by atomic mass is 32.1. The van der Waals surface area contributed by atoms with Gasteiger partial charge in [-0.05, 0) is 19.1 Å². The van der Waals surface area contributed by atoms with Crippen molar-refractivity contribution in [3.63, 3.8) is 0 Å². The molecule has 3 nitrogen and oxygen atoms in total. The van der Waals surface area contributed by atoms with E-state index in [0.717, 1.165) is 0 Å². The molecule has 0 aliphatic carbocycles. The molecule has 0 aromatic heterocycles. The fourth-order valence-electron chi connectivity index (χ4n) is 0.354. The van der Waals surface area contributed by atoms with E-state index in [9.17, 15) is 4.79 Å². The molecule has 2 N–H and O–H groups in total. The molecule has 0 spiro atoms. The van der Waals surface area contributed by atoms with Gasteiger partial charge in [0.15, 0.2) is 5.05 Å². The van der Waals surface area contributed by atoms with Crippen LogP contribution >= 0.6 is 12.2 Å². The van der Waals surface area contributed by atoms with Crippen molar-refractivity contribution in [2.45, 2.75) is 13.3 Å². The third-order valence-electron chi connectivity index (χ3n) is 0.624. The molecule has 1 amide bonds. The summed E-state index contributed by atoms with van der Waals surface area (Å²) in [4.78, 5) is 10.1. The number of carbonyl (C=O) groups excluding carboxylic acids is 1. The van der Waals surface area contributed by atoms with Gasteiger partial charge >= 0.3 is 0 Å². The lowest BCUT2D eigenvalue weighted by atomic mass is 10.4. The number of amides is 1. The van der Waals surface area contributed by atoms with Crippen LogP contribution in [0.1, 0.15) is 13.3 Å². The molecule has 0 aromatic carbocycles. The maximum atomic E-state index is 10.1. The molecule has 0 unspecified atom stereocenters. The smallest absolute Gasteiger partial charge is 0.225 e. The lowest BCUT2D eigenvalue weighted by molar-refractivity contribution is -0.117. The fraction of sp³-hybridized carbons (Fsp3) is 0.600. The van der Waals surface area contributed by atoms with Crippen LogP contribution in [0.2, 0.25) is 0 Å². The second kappa shape index (κ2) is 4.26. The maximum absolute atomic E-state index is 10.1. The quantitative estimate of drug-likeness (QED) is 0.581. The van der Waals surface area contributed by atoms with Gasteiger partial charge in [0, 0.05) is 0 Å². The Balaban J connectivity index is 3.39. The van der Waals surface area contributed by atoms with Crippen LogP contribution in [0.25, 0.3) is 0 Å². The Labute approximate surface area is 59.2 Å². The molecule has 0 radical (unpaired) electrons. The summed E-state index contributed by atoms with van der Waals surface area (Å²) in [6, 6.07) is 0. The van der Waals surface area contributed by atoms with Crippen LogP contribution < -0.4 is 5.73 Å². The number of carbonyl (C=O) groups is 1. The molecule has 0 heterocycles. The Hall–Kier alpha value is -0.640. The minimum Gasteiger partial charge on any atom is -0.487 e. The Morgan fingerprint density at radius 2 is 2.33 bits per heavy atom. The summed E-state index contributed by atoms with van der Waals surface area (Å²) in [5.41, 5.74) is 4.82. The summed E-state index contributed by atoms with van der Waals surface area (Å²) in [5.74, 6) is -0.451. The average molecular weight is 147 g/mol. The van der Waals surface area contributed by atoms with E-state index in [4.69, 9.17) is 10.5 Å². The van der Waals surface area contributed by atoms with E-state index in [1.165, 1.54) is 0 Å². The molecule has 4 heteroatoms. The highest BCUT2D eigenvalue weighted by Crippen LogP contribution is 1.87. The minimum absolute atomic E-state index is 0.0448. The first-order chi connectivity index (χ1) is 4.16. The van der Waals surface area contributed by atoms with Crippen LogP contribution in [0, 0.1) is 0 Å². The number of hydrogen-bond donors (Lipinski definition) is 1. The summed E-state index contributed by atoms with van der Waals surface area (Å²) in [6.07, 6.45) is 0.0448. The molecule has 0 rings (SSSR count). The summed E-state index contributed by atoms with van der Waals surface area (Å²) in [6.45, 7) is 2.29. The number of hydrogen-bond acceptors (Lipinski definition) is 3. The summed E-state index contributed by atoms with van der Waals surface area (Å²) < 4.78 is 4.78. The van der Waals surface area contributed by atoms with Crippen molar-refractivity contribution in [2.75, 3.05) is 6.61 Å². The van der Waals surface area contributed by atoms with Gasteiger partial charge in [-0.1, -0.05) is 0 Å². The molecule has 0 aliphatic rings. The Morgan fingerprint density at radius 3 is 2.67 bits per heavy atom. The van der Waals surface area contributed by atoms with Crippen LogP contribution in [0.4, 0.5) is 0 Å². The van der Waals surface area contributed by atoms with Crippen molar-refractivity contribution in [1.82, 2.24) is 0 Å². The van der Waals surface area contributed by atoms with Crippen LogP contribution in [-0.2, 0) is 9.53 Å². The first-order valence-corrected chi connectivity index (χ1v) is 3.01. The molecular formula is C5H9NO2S. The van der Waals surface area contributed by atoms with Gasteiger partial charge in [0.1, 0.15) is 0 Å². The number of thiocarbonyl (C=S) groups is 1. The third kappa shape index (κ3) is 5.23. The molecular weight excluding hydrogens is 138 g/mol. The Bertz CT molecular complexity index is 124. The lowest BCUT2D eigenvalue weighted by Gasteiger charge is -1.99. The van der Waals surface area contributed by atoms with Crippen LogP contribution in [0.3, 0.4) is 0 Å². The van der Waals surface area contributed by atoms with Crippen LogP contribution in [0.15, 0.2) is 0 Å². The number of primary amides is 1. The SMILES string of the molecule is CCOC(=S)CC(N)=O. The Kier molecular flexibility index (Phi) is 3.96. The maximum Gasteiger partial charge on any atom is 0.225 e. The monoisotopic (exact) mass is 147 g/mol. The first-order valence-electron chi connectivity index (χ1n) is 2.60. The predicted molar refractivity (Wildman–Crippen MR) is 38.0 cm³/mol. The van der Waals surface area contributed by atoms with Gasteiger partial charge in [-0.25, -0.2) is 0 Å². The molecule has 0 aliphatic heterocycles. The highest BCUT2D eigenvalue weighted by Gasteiger charge is 1.99. The number of ether oxygens (including phenoxy) is 1. The first kappa shape index (κ1) is 8.36. The zero-order valence-corrected chi connectivity index (χ0v) is 6.03. The van der Waals surface area contributed by atoms with Crippen molar-refractivity contribution >= 4 is 23.2 Å². The van der Waals surface area contributed by atoms with E-state index in [1.807, 2.05) is 0 Å². The normalized spacial score (nSPS) is 8.56. The lowest BCUT2D eigenvalue weighted by Crippen LogP contribution is -2.16. The molecule has 52 valence electrons. The van der Waals surface area contributed by atoms with Gasteiger partial charge in [0.25, 0.3) is 0 Å². The second-order valence-corrected chi connectivity index (χ2v) is 1.90. The van der Waals surface area contributed by atoms with Gasteiger partial charge < -0.3 is 10.5 Å². The van der Waals surface area contributed by atoms with Crippen molar-refractivity contribution in [3.05, 3.63) is 0 Å². The minimum atomic E-state index is -0.451. The molecule has 0 bridgehead atoms. The van der Waals surface area contributed by atoms with E-state index < -0.39 is 5.91 Å². The van der Waals surface area contributed by atoms with E-state index in [2.05, 4.69) is 12.2 Å². The van der Waals surface area contributed by atoms with E-state index in [0.29, 0.717) is 6.61 Å². The van der Waals surface area contributed by atoms with Crippen LogP contribution in [-0.4, -0.2) is 17.6 Å². The topological polar surface area (TPSA) is 52.3 Å². The van der Waals surface area contributed by atoms with Crippen molar-refractivity contribution in [1.29, 1.82) is 0 Å². The van der Waals surface area contributed by atoms with Gasteiger partial charge in [0.05, 0.1) is 13.0 Å². The molecule has 0 atom stereocenters. The van der Waals surface area contributed by atoms with Gasteiger partial charge in [-0.15, -0.1) is 0 Å². The van der Waals surface area contributed by atoms with Crippen molar-refractivity contribution < 1.29 is 9.53 Å². The largest absolute Gasteiger partial charge is 0.487 e. The standard InChI is InChI=1S/C5H9NO2S/c1-2-8-5(9)3-4(6)7/h2-3H2,1H3,(H2,6,7). The molecule has 9 heavy (non-hydrogen) atoms. The zero-order chi connectivity index (χ0) is 7.28. The molecule has 0 saturated carbocycles. The molecule has 0 fully saturated rings. The molecule has 0 aromatic rings. The van der Waals surface area contributed by atoms with Crippen LogP contribution in [0.5, 0.6) is 0 Å². The number of nitrogens with two attached hydrogens (primary N) is 1. The molecule has 0 saturated heterocycles. The summed E-state index contributed by atoms with van der Waals surface area (Å²) in [7, 11) is 0. The fourth-order valence-corrected chi connectivity index (χ4v) is 0.614. The van der Waals surface area contributed by atoms with Gasteiger partial charge in [-0.3, -0.25) is 4.79 Å².